The molecule has 0 aliphatic carbocycles. The van der Waals surface area contributed by atoms with E-state index in [1.54, 1.807) is 0 Å². The number of nitro groups is 1. The Morgan fingerprint density at radius 2 is 2.17 bits per heavy atom. The predicted octanol–water partition coefficient (Wildman–Crippen LogP) is 0.865. The van der Waals surface area contributed by atoms with Crippen molar-refractivity contribution < 1.29 is 23.2 Å². The lowest BCUT2D eigenvalue weighted by Gasteiger charge is -2.16. The SMILES string of the molecule is Cc1cc([N+](=O)[O-])ccc1OC(F)(F)C(=O)NN. The number of halogens is 2. The minimum atomic E-state index is -4.16. The fourth-order valence-corrected chi connectivity index (χ4v) is 1.13. The molecule has 0 aliphatic rings. The van der Waals surface area contributed by atoms with Crippen molar-refractivity contribution in [2.45, 2.75) is 13.0 Å². The Hall–Kier alpha value is -2.29. The third-order valence-electron chi connectivity index (χ3n) is 2.00. The van der Waals surface area contributed by atoms with Crippen molar-refractivity contribution in [3.63, 3.8) is 0 Å². The first-order valence-corrected chi connectivity index (χ1v) is 4.61. The van der Waals surface area contributed by atoms with Crippen LogP contribution in [0.3, 0.4) is 0 Å². The van der Waals surface area contributed by atoms with E-state index >= 15 is 0 Å². The summed E-state index contributed by atoms with van der Waals surface area (Å²) < 4.78 is 30.4. The Labute approximate surface area is 99.6 Å². The first kappa shape index (κ1) is 13.8. The lowest BCUT2D eigenvalue weighted by Crippen LogP contribution is -2.47. The van der Waals surface area contributed by atoms with Crippen molar-refractivity contribution in [1.29, 1.82) is 0 Å². The molecule has 0 unspecified atom stereocenters. The highest BCUT2D eigenvalue weighted by Gasteiger charge is 2.42. The van der Waals surface area contributed by atoms with Crippen LogP contribution >= 0.6 is 0 Å². The fraction of sp³-hybridized carbons (Fsp3) is 0.222. The maximum absolute atomic E-state index is 13.1. The number of non-ortho nitro benzene ring substituents is 1. The van der Waals surface area contributed by atoms with Crippen LogP contribution in [0.25, 0.3) is 0 Å². The van der Waals surface area contributed by atoms with Crippen LogP contribution in [0.15, 0.2) is 18.2 Å². The zero-order valence-electron chi connectivity index (χ0n) is 9.15. The molecule has 0 fully saturated rings. The van der Waals surface area contributed by atoms with E-state index in [9.17, 15) is 23.7 Å². The summed E-state index contributed by atoms with van der Waals surface area (Å²) in [4.78, 5) is 20.5. The second-order valence-corrected chi connectivity index (χ2v) is 3.30. The monoisotopic (exact) mass is 261 g/mol. The van der Waals surface area contributed by atoms with Gasteiger partial charge in [-0.1, -0.05) is 0 Å². The number of nitrogens with two attached hydrogens (primary N) is 1. The Kier molecular flexibility index (Phi) is 3.76. The first-order valence-electron chi connectivity index (χ1n) is 4.61. The Balaban J connectivity index is 2.99. The maximum Gasteiger partial charge on any atom is 0.483 e. The number of amides is 1. The Morgan fingerprint density at radius 1 is 1.56 bits per heavy atom. The van der Waals surface area contributed by atoms with E-state index in [1.807, 2.05) is 0 Å². The van der Waals surface area contributed by atoms with Crippen molar-refractivity contribution in [1.82, 2.24) is 5.43 Å². The van der Waals surface area contributed by atoms with Crippen LogP contribution < -0.4 is 16.0 Å². The number of nitro benzene ring substituents is 1. The molecule has 9 heteroatoms. The smallest absolute Gasteiger partial charge is 0.425 e. The van der Waals surface area contributed by atoms with Crippen molar-refractivity contribution >= 4 is 11.6 Å². The van der Waals surface area contributed by atoms with Gasteiger partial charge in [0.1, 0.15) is 5.75 Å². The topological polar surface area (TPSA) is 107 Å². The van der Waals surface area contributed by atoms with Gasteiger partial charge in [0.2, 0.25) is 0 Å². The van der Waals surface area contributed by atoms with Gasteiger partial charge in [-0.2, -0.15) is 8.78 Å². The van der Waals surface area contributed by atoms with Gasteiger partial charge in [-0.05, 0) is 18.6 Å². The molecular weight excluding hydrogens is 252 g/mol. The van der Waals surface area contributed by atoms with E-state index < -0.39 is 16.9 Å². The highest BCUT2D eigenvalue weighted by Crippen LogP contribution is 2.28. The van der Waals surface area contributed by atoms with Crippen molar-refractivity contribution in [2.75, 3.05) is 0 Å². The summed E-state index contributed by atoms with van der Waals surface area (Å²) in [6, 6.07) is 3.01. The molecular formula is C9H9F2N3O4. The summed E-state index contributed by atoms with van der Waals surface area (Å²) in [6.45, 7) is 1.33. The average molecular weight is 261 g/mol. The number of carbonyl (C=O) groups excluding carboxylic acids is 1. The number of ether oxygens (including phenoxy) is 1. The van der Waals surface area contributed by atoms with Crippen LogP contribution in [-0.4, -0.2) is 16.9 Å². The predicted molar refractivity (Wildman–Crippen MR) is 55.7 cm³/mol. The summed E-state index contributed by atoms with van der Waals surface area (Å²) in [5.74, 6) is 2.39. The standard InChI is InChI=1S/C9H9F2N3O4/c1-5-4-6(14(16)17)2-3-7(5)18-9(10,11)8(15)13-12/h2-4H,12H2,1H3,(H,13,15). The Morgan fingerprint density at radius 3 is 2.61 bits per heavy atom. The average Bonchev–Trinajstić information content (AvgIpc) is 2.30. The number of hydrogen-bond acceptors (Lipinski definition) is 5. The van der Waals surface area contributed by atoms with E-state index in [0.29, 0.717) is 0 Å². The lowest BCUT2D eigenvalue weighted by atomic mass is 10.2. The van der Waals surface area contributed by atoms with E-state index in [0.717, 1.165) is 18.2 Å². The first-order chi connectivity index (χ1) is 8.27. The van der Waals surface area contributed by atoms with Crippen LogP contribution in [-0.2, 0) is 4.79 Å². The van der Waals surface area contributed by atoms with Crippen molar-refractivity contribution in [3.8, 4) is 5.75 Å². The molecule has 0 atom stereocenters. The molecule has 0 saturated carbocycles. The van der Waals surface area contributed by atoms with Gasteiger partial charge in [0.05, 0.1) is 4.92 Å². The zero-order valence-corrected chi connectivity index (χ0v) is 9.15. The van der Waals surface area contributed by atoms with Gasteiger partial charge in [-0.25, -0.2) is 5.84 Å². The highest BCUT2D eigenvalue weighted by molar-refractivity contribution is 5.81. The van der Waals surface area contributed by atoms with E-state index in [-0.39, 0.29) is 17.0 Å². The molecule has 7 nitrogen and oxygen atoms in total. The van der Waals surface area contributed by atoms with Gasteiger partial charge in [0.15, 0.2) is 0 Å². The van der Waals surface area contributed by atoms with Gasteiger partial charge in [0.25, 0.3) is 5.69 Å². The molecule has 0 saturated heterocycles. The van der Waals surface area contributed by atoms with Gasteiger partial charge in [-0.15, -0.1) is 0 Å². The van der Waals surface area contributed by atoms with Crippen LogP contribution in [0.1, 0.15) is 5.56 Å². The largest absolute Gasteiger partial charge is 0.483 e. The normalized spacial score (nSPS) is 10.9. The highest BCUT2D eigenvalue weighted by atomic mass is 19.3. The van der Waals surface area contributed by atoms with E-state index in [2.05, 4.69) is 10.6 Å². The Bertz CT molecular complexity index is 493. The molecule has 1 aromatic carbocycles. The summed E-state index contributed by atoms with van der Waals surface area (Å²) >= 11 is 0. The maximum atomic E-state index is 13.1. The van der Waals surface area contributed by atoms with E-state index in [1.165, 1.54) is 12.3 Å². The molecule has 0 heterocycles. The lowest BCUT2D eigenvalue weighted by molar-refractivity contribution is -0.384. The summed E-state index contributed by atoms with van der Waals surface area (Å²) in [5.41, 5.74) is 1.07. The molecule has 0 aromatic heterocycles. The van der Waals surface area contributed by atoms with Crippen LogP contribution in [0.5, 0.6) is 5.75 Å². The second kappa shape index (κ2) is 4.92. The third-order valence-corrected chi connectivity index (χ3v) is 2.00. The number of nitrogens with one attached hydrogen (secondary N) is 1. The number of hydrogen-bond donors (Lipinski definition) is 2. The number of aryl methyl sites for hydroxylation is 1. The van der Waals surface area contributed by atoms with Gasteiger partial charge >= 0.3 is 12.0 Å². The van der Waals surface area contributed by atoms with Gasteiger partial charge < -0.3 is 4.74 Å². The molecule has 0 radical (unpaired) electrons. The molecule has 98 valence electrons. The number of benzene rings is 1. The number of carbonyl (C=O) groups is 1. The summed E-state index contributed by atoms with van der Waals surface area (Å²) in [7, 11) is 0. The number of rotatable bonds is 4. The molecule has 3 N–H and O–H groups in total. The van der Waals surface area contributed by atoms with Crippen LogP contribution in [0, 0.1) is 17.0 Å². The molecule has 0 bridgehead atoms. The minimum Gasteiger partial charge on any atom is -0.425 e. The summed E-state index contributed by atoms with van der Waals surface area (Å²) in [6.07, 6.45) is -4.16. The molecule has 1 amide bonds. The van der Waals surface area contributed by atoms with Gasteiger partial charge in [-0.3, -0.25) is 20.3 Å². The molecule has 18 heavy (non-hydrogen) atoms. The molecule has 0 spiro atoms. The minimum absolute atomic E-state index is 0.0914. The fourth-order valence-electron chi connectivity index (χ4n) is 1.13. The van der Waals surface area contributed by atoms with Crippen LogP contribution in [0.4, 0.5) is 14.5 Å². The van der Waals surface area contributed by atoms with Crippen molar-refractivity contribution in [3.05, 3.63) is 33.9 Å². The van der Waals surface area contributed by atoms with Crippen LogP contribution in [0.2, 0.25) is 0 Å². The van der Waals surface area contributed by atoms with Gasteiger partial charge in [0, 0.05) is 12.1 Å². The van der Waals surface area contributed by atoms with E-state index in [4.69, 9.17) is 0 Å². The molecule has 1 rings (SSSR count). The number of nitrogens with zero attached hydrogens (tertiary/aromatic N) is 1. The van der Waals surface area contributed by atoms with Crippen molar-refractivity contribution in [2.24, 2.45) is 5.84 Å². The second-order valence-electron chi connectivity index (χ2n) is 3.30. The number of hydrazine groups is 1. The quantitative estimate of drug-likeness (QED) is 0.362. The number of alkyl halides is 2. The molecule has 0 aliphatic heterocycles. The summed E-state index contributed by atoms with van der Waals surface area (Å²) in [5, 5.41) is 10.4. The molecule has 1 aromatic rings. The zero-order chi connectivity index (χ0) is 13.9. The third kappa shape index (κ3) is 2.88.